The fourth-order valence-corrected chi connectivity index (χ4v) is 2.96. The van der Waals surface area contributed by atoms with Gasteiger partial charge in [-0.15, -0.1) is 0 Å². The van der Waals surface area contributed by atoms with Gasteiger partial charge in [0.1, 0.15) is 17.3 Å². The van der Waals surface area contributed by atoms with Crippen LogP contribution in [0.5, 0.6) is 5.75 Å². The monoisotopic (exact) mass is 328 g/mol. The van der Waals surface area contributed by atoms with Gasteiger partial charge in [-0.05, 0) is 49.9 Å². The molecule has 0 spiro atoms. The van der Waals surface area contributed by atoms with Gasteiger partial charge in [-0.3, -0.25) is 4.98 Å². The first-order chi connectivity index (χ1) is 11.7. The lowest BCUT2D eigenvalue weighted by Gasteiger charge is -2.32. The number of nitrogens with zero attached hydrogens (tertiary/aromatic N) is 3. The second kappa shape index (κ2) is 7.49. The molecule has 3 N–H and O–H groups in total. The number of anilines is 2. The Morgan fingerprint density at radius 3 is 2.67 bits per heavy atom. The van der Waals surface area contributed by atoms with E-state index >= 15 is 0 Å². The van der Waals surface area contributed by atoms with Crippen LogP contribution < -0.4 is 10.2 Å². The van der Waals surface area contributed by atoms with Gasteiger partial charge in [0.2, 0.25) is 0 Å². The van der Waals surface area contributed by atoms with Crippen molar-refractivity contribution in [3.05, 3.63) is 41.9 Å². The summed E-state index contributed by atoms with van der Waals surface area (Å²) in [7, 11) is 0. The first-order valence-electron chi connectivity index (χ1n) is 8.37. The third-order valence-electron chi connectivity index (χ3n) is 4.51. The summed E-state index contributed by atoms with van der Waals surface area (Å²) in [4.78, 5) is 11.1. The lowest BCUT2D eigenvalue weighted by Crippen LogP contribution is -2.34. The van der Waals surface area contributed by atoms with Crippen LogP contribution in [0, 0.1) is 12.8 Å². The van der Waals surface area contributed by atoms with Crippen molar-refractivity contribution in [2.24, 2.45) is 5.92 Å². The van der Waals surface area contributed by atoms with Gasteiger partial charge in [-0.1, -0.05) is 0 Å². The molecule has 6 nitrogen and oxygen atoms in total. The van der Waals surface area contributed by atoms with Crippen LogP contribution in [0.1, 0.15) is 24.2 Å². The van der Waals surface area contributed by atoms with Crippen LogP contribution in [0.2, 0.25) is 0 Å². The number of piperidine rings is 1. The van der Waals surface area contributed by atoms with Crippen molar-refractivity contribution in [2.45, 2.75) is 26.3 Å². The van der Waals surface area contributed by atoms with Crippen molar-refractivity contribution in [2.75, 3.05) is 29.9 Å². The highest BCUT2D eigenvalue weighted by molar-refractivity contribution is 5.50. The largest absolute Gasteiger partial charge is 0.506 e. The summed E-state index contributed by atoms with van der Waals surface area (Å²) in [5, 5.41) is 22.2. The minimum absolute atomic E-state index is 0.191. The fourth-order valence-electron chi connectivity index (χ4n) is 2.96. The minimum Gasteiger partial charge on any atom is -0.506 e. The van der Waals surface area contributed by atoms with Gasteiger partial charge in [-0.2, -0.15) is 0 Å². The van der Waals surface area contributed by atoms with E-state index in [1.54, 1.807) is 12.1 Å². The van der Waals surface area contributed by atoms with E-state index in [4.69, 9.17) is 0 Å². The molecule has 0 atom stereocenters. The smallest absolute Gasteiger partial charge is 0.138 e. The van der Waals surface area contributed by atoms with E-state index in [0.717, 1.165) is 43.1 Å². The van der Waals surface area contributed by atoms with Gasteiger partial charge in [-0.25, -0.2) is 4.98 Å². The van der Waals surface area contributed by atoms with Crippen LogP contribution in [-0.4, -0.2) is 39.9 Å². The van der Waals surface area contributed by atoms with Crippen molar-refractivity contribution in [1.82, 2.24) is 9.97 Å². The first-order valence-corrected chi connectivity index (χ1v) is 8.37. The van der Waals surface area contributed by atoms with E-state index in [1.807, 2.05) is 19.2 Å². The molecule has 0 aromatic carbocycles. The van der Waals surface area contributed by atoms with Crippen LogP contribution in [-0.2, 0) is 6.54 Å². The third-order valence-corrected chi connectivity index (χ3v) is 4.51. The van der Waals surface area contributed by atoms with Gasteiger partial charge in [0.05, 0.1) is 18.4 Å². The second-order valence-electron chi connectivity index (χ2n) is 6.29. The maximum atomic E-state index is 9.82. The molecule has 0 unspecified atom stereocenters. The Bertz CT molecular complexity index is 667. The molecule has 1 aliphatic rings. The summed E-state index contributed by atoms with van der Waals surface area (Å²) in [6.07, 6.45) is 3.91. The fraction of sp³-hybridized carbons (Fsp3) is 0.444. The molecule has 1 fully saturated rings. The quantitative estimate of drug-likeness (QED) is 0.781. The Balaban J connectivity index is 1.58. The van der Waals surface area contributed by atoms with E-state index in [9.17, 15) is 10.2 Å². The van der Waals surface area contributed by atoms with Gasteiger partial charge in [0.25, 0.3) is 0 Å². The van der Waals surface area contributed by atoms with Crippen molar-refractivity contribution in [1.29, 1.82) is 0 Å². The molecule has 0 aliphatic carbocycles. The van der Waals surface area contributed by atoms with Crippen molar-refractivity contribution in [3.63, 3.8) is 0 Å². The summed E-state index contributed by atoms with van der Waals surface area (Å²) in [6.45, 7) is 4.54. The van der Waals surface area contributed by atoms with Gasteiger partial charge in [0.15, 0.2) is 0 Å². The highest BCUT2D eigenvalue weighted by Crippen LogP contribution is 2.23. The molecule has 1 aliphatic heterocycles. The number of hydrogen-bond acceptors (Lipinski definition) is 6. The lowest BCUT2D eigenvalue weighted by molar-refractivity contribution is 0.203. The molecule has 0 amide bonds. The van der Waals surface area contributed by atoms with Gasteiger partial charge >= 0.3 is 0 Å². The molecule has 0 radical (unpaired) electrons. The normalized spacial score (nSPS) is 15.5. The molecular formula is C18H24N4O2. The van der Waals surface area contributed by atoms with E-state index in [0.29, 0.717) is 18.2 Å². The predicted octanol–water partition coefficient (Wildman–Crippen LogP) is 2.31. The van der Waals surface area contributed by atoms with E-state index in [-0.39, 0.29) is 12.4 Å². The van der Waals surface area contributed by atoms with E-state index in [1.165, 1.54) is 0 Å². The average molecular weight is 328 g/mol. The van der Waals surface area contributed by atoms with Gasteiger partial charge in [0, 0.05) is 25.4 Å². The number of pyridine rings is 2. The Labute approximate surface area is 142 Å². The summed E-state index contributed by atoms with van der Waals surface area (Å²) < 4.78 is 0. The number of nitrogens with one attached hydrogen (secondary N) is 1. The molecule has 0 bridgehead atoms. The van der Waals surface area contributed by atoms with Crippen LogP contribution >= 0.6 is 0 Å². The third kappa shape index (κ3) is 3.94. The molecule has 3 heterocycles. The molecule has 1 saturated heterocycles. The molecule has 6 heteroatoms. The van der Waals surface area contributed by atoms with Crippen LogP contribution in [0.25, 0.3) is 0 Å². The molecule has 128 valence electrons. The summed E-state index contributed by atoms with van der Waals surface area (Å²) >= 11 is 0. The summed E-state index contributed by atoms with van der Waals surface area (Å²) in [5.41, 5.74) is 2.60. The highest BCUT2D eigenvalue weighted by atomic mass is 16.3. The molecule has 0 saturated carbocycles. The Morgan fingerprint density at radius 2 is 2.00 bits per heavy atom. The predicted molar refractivity (Wildman–Crippen MR) is 94.2 cm³/mol. The standard InChI is InChI=1S/C18H24N4O2/c1-13-2-4-17(24)16(21-13)11-20-18-5-3-15(10-19-18)22-8-6-14(12-23)7-9-22/h2-5,10,14,23-24H,6-9,11-12H2,1H3,(H,19,20). The summed E-state index contributed by atoms with van der Waals surface area (Å²) in [5.74, 6) is 1.38. The second-order valence-corrected chi connectivity index (χ2v) is 6.29. The van der Waals surface area contributed by atoms with Crippen LogP contribution in [0.4, 0.5) is 11.5 Å². The van der Waals surface area contributed by atoms with Crippen molar-refractivity contribution < 1.29 is 10.2 Å². The number of aryl methyl sites for hydroxylation is 1. The Hall–Kier alpha value is -2.34. The Kier molecular flexibility index (Phi) is 5.15. The zero-order chi connectivity index (χ0) is 16.9. The lowest BCUT2D eigenvalue weighted by atomic mass is 9.98. The number of aromatic hydroxyl groups is 1. The Morgan fingerprint density at radius 1 is 1.21 bits per heavy atom. The van der Waals surface area contributed by atoms with E-state index < -0.39 is 0 Å². The maximum Gasteiger partial charge on any atom is 0.138 e. The van der Waals surface area contributed by atoms with Gasteiger partial charge < -0.3 is 20.4 Å². The molecular weight excluding hydrogens is 304 g/mol. The zero-order valence-corrected chi connectivity index (χ0v) is 13.9. The number of aliphatic hydroxyl groups excluding tert-OH is 1. The number of aromatic nitrogens is 2. The summed E-state index contributed by atoms with van der Waals surface area (Å²) in [6, 6.07) is 7.44. The van der Waals surface area contributed by atoms with Crippen LogP contribution in [0.3, 0.4) is 0 Å². The van der Waals surface area contributed by atoms with Crippen molar-refractivity contribution >= 4 is 11.5 Å². The maximum absolute atomic E-state index is 9.82. The SMILES string of the molecule is Cc1ccc(O)c(CNc2ccc(N3CCC(CO)CC3)cn2)n1. The number of rotatable bonds is 5. The van der Waals surface area contributed by atoms with Crippen LogP contribution in [0.15, 0.2) is 30.5 Å². The topological polar surface area (TPSA) is 81.5 Å². The molecule has 24 heavy (non-hydrogen) atoms. The molecule has 2 aromatic rings. The number of aliphatic hydroxyl groups is 1. The van der Waals surface area contributed by atoms with E-state index in [2.05, 4.69) is 26.3 Å². The first kappa shape index (κ1) is 16.5. The number of hydrogen-bond donors (Lipinski definition) is 3. The van der Waals surface area contributed by atoms with Crippen molar-refractivity contribution in [3.8, 4) is 5.75 Å². The molecule has 3 rings (SSSR count). The highest BCUT2D eigenvalue weighted by Gasteiger charge is 2.18. The minimum atomic E-state index is 0.191. The average Bonchev–Trinajstić information content (AvgIpc) is 2.63. The zero-order valence-electron chi connectivity index (χ0n) is 13.9. The molecule has 2 aromatic heterocycles.